The third kappa shape index (κ3) is 6.72. The fourth-order valence-electron chi connectivity index (χ4n) is 2.18. The molecule has 23 heavy (non-hydrogen) atoms. The molecule has 0 unspecified atom stereocenters. The van der Waals surface area contributed by atoms with E-state index in [0.717, 1.165) is 0 Å². The van der Waals surface area contributed by atoms with E-state index in [4.69, 9.17) is 4.74 Å². The first-order chi connectivity index (χ1) is 10.6. The molecule has 0 fully saturated rings. The quantitative estimate of drug-likeness (QED) is 0.876. The van der Waals surface area contributed by atoms with E-state index in [1.165, 1.54) is 6.92 Å². The minimum Gasteiger partial charge on any atom is -0.489 e. The van der Waals surface area contributed by atoms with Gasteiger partial charge in [-0.15, -0.1) is 0 Å². The minimum atomic E-state index is -0.281. The van der Waals surface area contributed by atoms with Crippen LogP contribution < -0.4 is 15.0 Å². The molecule has 0 bridgehead atoms. The maximum Gasteiger partial charge on any atom is 0.223 e. The number of nitrogens with zero attached hydrogens (tertiary/aromatic N) is 1. The van der Waals surface area contributed by atoms with Crippen LogP contribution in [0.3, 0.4) is 0 Å². The summed E-state index contributed by atoms with van der Waals surface area (Å²) in [5.41, 5.74) is 0.411. The van der Waals surface area contributed by atoms with Crippen molar-refractivity contribution in [1.29, 1.82) is 0 Å². The molecule has 0 aliphatic heterocycles. The van der Waals surface area contributed by atoms with Gasteiger partial charge < -0.3 is 15.0 Å². The average molecular weight is 320 g/mol. The van der Waals surface area contributed by atoms with Gasteiger partial charge in [-0.25, -0.2) is 0 Å². The maximum absolute atomic E-state index is 12.0. The molecule has 0 aliphatic rings. The van der Waals surface area contributed by atoms with Gasteiger partial charge in [0.2, 0.25) is 11.8 Å². The first-order valence-corrected chi connectivity index (χ1v) is 7.95. The Morgan fingerprint density at radius 3 is 2.35 bits per heavy atom. The van der Waals surface area contributed by atoms with E-state index >= 15 is 0 Å². The van der Waals surface area contributed by atoms with Gasteiger partial charge in [0.05, 0.1) is 11.8 Å². The largest absolute Gasteiger partial charge is 0.489 e. The lowest BCUT2D eigenvalue weighted by atomic mass is 10.1. The van der Waals surface area contributed by atoms with Crippen LogP contribution in [0.4, 0.5) is 5.69 Å². The van der Waals surface area contributed by atoms with E-state index < -0.39 is 0 Å². The Balaban J connectivity index is 2.88. The average Bonchev–Trinajstić information content (AvgIpc) is 2.37. The van der Waals surface area contributed by atoms with Crippen LogP contribution in [-0.2, 0) is 9.59 Å². The van der Waals surface area contributed by atoms with Gasteiger partial charge >= 0.3 is 0 Å². The van der Waals surface area contributed by atoms with Crippen LogP contribution in [0, 0.1) is 0 Å². The molecule has 5 nitrogen and oxygen atoms in total. The third-order valence-corrected chi connectivity index (χ3v) is 2.98. The molecular formula is C18H28N2O3. The number of rotatable bonds is 6. The third-order valence-electron chi connectivity index (χ3n) is 2.98. The topological polar surface area (TPSA) is 58.6 Å². The second-order valence-electron chi connectivity index (χ2n) is 6.85. The van der Waals surface area contributed by atoms with Crippen molar-refractivity contribution < 1.29 is 14.3 Å². The SMILES string of the molecule is CC(=O)N(CCC(=O)NC(C)(C)C)c1ccccc1OC(C)C. The molecule has 0 heterocycles. The molecule has 1 aromatic carbocycles. The first-order valence-electron chi connectivity index (χ1n) is 7.95. The number of anilines is 1. The summed E-state index contributed by atoms with van der Waals surface area (Å²) in [6.45, 7) is 11.5. The fraction of sp³-hybridized carbons (Fsp3) is 0.556. The summed E-state index contributed by atoms with van der Waals surface area (Å²) in [6, 6.07) is 7.39. The predicted molar refractivity (Wildman–Crippen MR) is 92.7 cm³/mol. The minimum absolute atomic E-state index is 0.00847. The molecule has 0 saturated carbocycles. The molecule has 0 spiro atoms. The summed E-state index contributed by atoms with van der Waals surface area (Å²) in [4.78, 5) is 25.6. The van der Waals surface area contributed by atoms with Crippen LogP contribution in [-0.4, -0.2) is 30.0 Å². The molecule has 0 saturated heterocycles. The molecule has 0 atom stereocenters. The van der Waals surface area contributed by atoms with E-state index in [9.17, 15) is 9.59 Å². The van der Waals surface area contributed by atoms with Crippen LogP contribution in [0.5, 0.6) is 5.75 Å². The zero-order chi connectivity index (χ0) is 17.6. The Morgan fingerprint density at radius 2 is 1.83 bits per heavy atom. The summed E-state index contributed by atoms with van der Waals surface area (Å²) in [6.07, 6.45) is 0.251. The summed E-state index contributed by atoms with van der Waals surface area (Å²) >= 11 is 0. The van der Waals surface area contributed by atoms with Crippen molar-refractivity contribution in [3.63, 3.8) is 0 Å². The molecule has 2 amide bonds. The lowest BCUT2D eigenvalue weighted by Gasteiger charge is -2.26. The van der Waals surface area contributed by atoms with Crippen molar-refractivity contribution in [2.75, 3.05) is 11.4 Å². The van der Waals surface area contributed by atoms with E-state index in [1.54, 1.807) is 4.90 Å². The lowest BCUT2D eigenvalue weighted by molar-refractivity contribution is -0.122. The Bertz CT molecular complexity index is 547. The smallest absolute Gasteiger partial charge is 0.223 e. The molecule has 0 aliphatic carbocycles. The summed E-state index contributed by atoms with van der Waals surface area (Å²) < 4.78 is 5.77. The Kier molecular flexibility index (Phi) is 6.61. The monoisotopic (exact) mass is 320 g/mol. The number of para-hydroxylation sites is 2. The van der Waals surface area contributed by atoms with Crippen LogP contribution in [0.15, 0.2) is 24.3 Å². The van der Waals surface area contributed by atoms with Gasteiger partial charge in [0.15, 0.2) is 0 Å². The second-order valence-corrected chi connectivity index (χ2v) is 6.85. The fourth-order valence-corrected chi connectivity index (χ4v) is 2.18. The number of ether oxygens (including phenoxy) is 1. The molecular weight excluding hydrogens is 292 g/mol. The highest BCUT2D eigenvalue weighted by Crippen LogP contribution is 2.29. The van der Waals surface area contributed by atoms with Gasteiger partial charge in [-0.2, -0.15) is 0 Å². The summed E-state index contributed by atoms with van der Waals surface area (Å²) in [5.74, 6) is 0.452. The summed E-state index contributed by atoms with van der Waals surface area (Å²) in [5, 5.41) is 2.90. The highest BCUT2D eigenvalue weighted by atomic mass is 16.5. The molecule has 128 valence electrons. The second kappa shape index (κ2) is 7.99. The van der Waals surface area contributed by atoms with Crippen LogP contribution >= 0.6 is 0 Å². The van der Waals surface area contributed by atoms with Gasteiger partial charge in [0.1, 0.15) is 5.75 Å². The van der Waals surface area contributed by atoms with Crippen molar-refractivity contribution in [2.45, 2.75) is 59.6 Å². The van der Waals surface area contributed by atoms with Crippen molar-refractivity contribution in [1.82, 2.24) is 5.32 Å². The highest BCUT2D eigenvalue weighted by Gasteiger charge is 2.19. The zero-order valence-electron chi connectivity index (χ0n) is 15.0. The normalized spacial score (nSPS) is 11.3. The standard InChI is InChI=1S/C18H28N2O3/c1-13(2)23-16-10-8-7-9-15(16)20(14(3)21)12-11-17(22)19-18(4,5)6/h7-10,13H,11-12H2,1-6H3,(H,19,22). The molecule has 1 aromatic rings. The Labute approximate surface area is 139 Å². The zero-order valence-corrected chi connectivity index (χ0v) is 15.0. The van der Waals surface area contributed by atoms with Gasteiger partial charge in [0, 0.05) is 25.4 Å². The van der Waals surface area contributed by atoms with Crippen LogP contribution in [0.1, 0.15) is 48.0 Å². The Morgan fingerprint density at radius 1 is 1.22 bits per heavy atom. The number of nitrogens with one attached hydrogen (secondary N) is 1. The number of carbonyl (C=O) groups is 2. The van der Waals surface area contributed by atoms with Crippen molar-refractivity contribution in [3.05, 3.63) is 24.3 Å². The highest BCUT2D eigenvalue weighted by molar-refractivity contribution is 5.93. The molecule has 0 aromatic heterocycles. The number of hydrogen-bond donors (Lipinski definition) is 1. The molecule has 5 heteroatoms. The van der Waals surface area contributed by atoms with Crippen LogP contribution in [0.25, 0.3) is 0 Å². The van der Waals surface area contributed by atoms with Crippen molar-refractivity contribution in [3.8, 4) is 5.75 Å². The van der Waals surface area contributed by atoms with Crippen LogP contribution in [0.2, 0.25) is 0 Å². The van der Waals surface area contributed by atoms with Crippen molar-refractivity contribution in [2.24, 2.45) is 0 Å². The van der Waals surface area contributed by atoms with E-state index in [1.807, 2.05) is 58.9 Å². The predicted octanol–water partition coefficient (Wildman–Crippen LogP) is 3.13. The van der Waals surface area contributed by atoms with Gasteiger partial charge in [0.25, 0.3) is 0 Å². The van der Waals surface area contributed by atoms with E-state index in [0.29, 0.717) is 18.0 Å². The Hall–Kier alpha value is -2.04. The number of benzene rings is 1. The van der Waals surface area contributed by atoms with Crippen molar-refractivity contribution >= 4 is 17.5 Å². The number of amides is 2. The van der Waals surface area contributed by atoms with Gasteiger partial charge in [-0.3, -0.25) is 9.59 Å². The lowest BCUT2D eigenvalue weighted by Crippen LogP contribution is -2.42. The molecule has 1 rings (SSSR count). The molecule has 1 N–H and O–H groups in total. The van der Waals surface area contributed by atoms with Gasteiger partial charge in [-0.05, 0) is 46.8 Å². The van der Waals surface area contributed by atoms with E-state index in [2.05, 4.69) is 5.32 Å². The maximum atomic E-state index is 12.0. The number of carbonyl (C=O) groups excluding carboxylic acids is 2. The summed E-state index contributed by atoms with van der Waals surface area (Å²) in [7, 11) is 0. The molecule has 0 radical (unpaired) electrons. The van der Waals surface area contributed by atoms with Gasteiger partial charge in [-0.1, -0.05) is 12.1 Å². The van der Waals surface area contributed by atoms with E-state index in [-0.39, 0.29) is 29.9 Å². The number of hydrogen-bond acceptors (Lipinski definition) is 3. The first kappa shape index (κ1) is 19.0.